The molecule has 1 rings (SSSR count). The molecule has 0 aromatic heterocycles. The minimum absolute atomic E-state index is 0.359. The molecule has 0 spiro atoms. The van der Waals surface area contributed by atoms with Gasteiger partial charge in [0.15, 0.2) is 5.71 Å². The number of esters is 1. The van der Waals surface area contributed by atoms with Crippen LogP contribution in [0.5, 0.6) is 0 Å². The standard InChI is InChI=1S/C8H13NO3/c1-4-11-7(10)6-5-8(2,3)12-9-6/h4-5H2,1-3H3. The molecule has 1 aliphatic rings. The van der Waals surface area contributed by atoms with Crippen LogP contribution in [0.2, 0.25) is 0 Å². The van der Waals surface area contributed by atoms with Gasteiger partial charge in [0, 0.05) is 6.42 Å². The second-order valence-electron chi connectivity index (χ2n) is 3.29. The molecule has 0 atom stereocenters. The minimum Gasteiger partial charge on any atom is -0.461 e. The van der Waals surface area contributed by atoms with Gasteiger partial charge in [0.25, 0.3) is 0 Å². The lowest BCUT2D eigenvalue weighted by Gasteiger charge is -2.12. The quantitative estimate of drug-likeness (QED) is 0.584. The molecule has 68 valence electrons. The maximum Gasteiger partial charge on any atom is 0.356 e. The fourth-order valence-electron chi connectivity index (χ4n) is 0.970. The van der Waals surface area contributed by atoms with Crippen molar-refractivity contribution in [3.63, 3.8) is 0 Å². The lowest BCUT2D eigenvalue weighted by Crippen LogP contribution is -2.23. The summed E-state index contributed by atoms with van der Waals surface area (Å²) in [6.45, 7) is 5.89. The van der Waals surface area contributed by atoms with Gasteiger partial charge in [-0.2, -0.15) is 0 Å². The van der Waals surface area contributed by atoms with Crippen molar-refractivity contribution >= 4 is 11.7 Å². The van der Waals surface area contributed by atoms with Crippen LogP contribution in [0.15, 0.2) is 5.16 Å². The van der Waals surface area contributed by atoms with E-state index in [2.05, 4.69) is 5.16 Å². The normalized spacial score (nSPS) is 19.8. The molecule has 1 heterocycles. The van der Waals surface area contributed by atoms with E-state index in [0.29, 0.717) is 18.7 Å². The number of oxime groups is 1. The first-order valence-electron chi connectivity index (χ1n) is 3.97. The van der Waals surface area contributed by atoms with Crippen LogP contribution in [0.4, 0.5) is 0 Å². The summed E-state index contributed by atoms with van der Waals surface area (Å²) in [5.41, 5.74) is 0.0177. The summed E-state index contributed by atoms with van der Waals surface area (Å²) in [4.78, 5) is 16.1. The third-order valence-electron chi connectivity index (χ3n) is 1.51. The van der Waals surface area contributed by atoms with Crippen LogP contribution in [0.3, 0.4) is 0 Å². The molecule has 0 amide bonds. The number of hydrogen-bond donors (Lipinski definition) is 0. The minimum atomic E-state index is -0.372. The van der Waals surface area contributed by atoms with Crippen molar-refractivity contribution in [3.8, 4) is 0 Å². The van der Waals surface area contributed by atoms with E-state index in [9.17, 15) is 4.79 Å². The van der Waals surface area contributed by atoms with Gasteiger partial charge < -0.3 is 9.57 Å². The van der Waals surface area contributed by atoms with Gasteiger partial charge in [-0.3, -0.25) is 0 Å². The maximum absolute atomic E-state index is 11.1. The Bertz CT molecular complexity index is 220. The van der Waals surface area contributed by atoms with Gasteiger partial charge in [-0.25, -0.2) is 4.79 Å². The van der Waals surface area contributed by atoms with E-state index in [1.54, 1.807) is 6.92 Å². The van der Waals surface area contributed by atoms with Crippen molar-refractivity contribution in [2.45, 2.75) is 32.8 Å². The number of carbonyl (C=O) groups is 1. The molecule has 1 aliphatic heterocycles. The highest BCUT2D eigenvalue weighted by Crippen LogP contribution is 2.22. The molecule has 4 heteroatoms. The SMILES string of the molecule is CCOC(=O)C1=NOC(C)(C)C1. The fraction of sp³-hybridized carbons (Fsp3) is 0.750. The summed E-state index contributed by atoms with van der Waals surface area (Å²) in [6.07, 6.45) is 0.520. The van der Waals surface area contributed by atoms with Crippen molar-refractivity contribution < 1.29 is 14.4 Å². The molecule has 4 nitrogen and oxygen atoms in total. The number of carbonyl (C=O) groups excluding carboxylic acids is 1. The van der Waals surface area contributed by atoms with Crippen molar-refractivity contribution in [3.05, 3.63) is 0 Å². The third-order valence-corrected chi connectivity index (χ3v) is 1.51. The van der Waals surface area contributed by atoms with Crippen LogP contribution < -0.4 is 0 Å². The summed E-state index contributed by atoms with van der Waals surface area (Å²) in [5, 5.41) is 3.65. The van der Waals surface area contributed by atoms with Crippen LogP contribution in [0.25, 0.3) is 0 Å². The average molecular weight is 171 g/mol. The first kappa shape index (κ1) is 9.03. The number of nitrogens with zero attached hydrogens (tertiary/aromatic N) is 1. The third kappa shape index (κ3) is 1.96. The molecule has 0 N–H and O–H groups in total. The van der Waals surface area contributed by atoms with Crippen LogP contribution >= 0.6 is 0 Å². The average Bonchev–Trinajstić information content (AvgIpc) is 2.31. The van der Waals surface area contributed by atoms with Crippen LogP contribution in [-0.2, 0) is 14.4 Å². The van der Waals surface area contributed by atoms with Gasteiger partial charge in [-0.05, 0) is 20.8 Å². The zero-order valence-electron chi connectivity index (χ0n) is 7.59. The lowest BCUT2D eigenvalue weighted by molar-refractivity contribution is -0.135. The molecular formula is C8H13NO3. The molecule has 0 saturated heterocycles. The molecule has 0 bridgehead atoms. The Labute approximate surface area is 71.5 Å². The number of rotatable bonds is 2. The van der Waals surface area contributed by atoms with Gasteiger partial charge in [-0.1, -0.05) is 5.16 Å². The second kappa shape index (κ2) is 3.13. The fourth-order valence-corrected chi connectivity index (χ4v) is 0.970. The predicted molar refractivity (Wildman–Crippen MR) is 43.8 cm³/mol. The lowest BCUT2D eigenvalue weighted by atomic mass is 10.0. The number of hydrogen-bond acceptors (Lipinski definition) is 4. The van der Waals surface area contributed by atoms with Gasteiger partial charge in [-0.15, -0.1) is 0 Å². The van der Waals surface area contributed by atoms with E-state index in [-0.39, 0.29) is 11.6 Å². The van der Waals surface area contributed by atoms with Crippen molar-refractivity contribution in [1.29, 1.82) is 0 Å². The maximum atomic E-state index is 11.1. The van der Waals surface area contributed by atoms with Crippen molar-refractivity contribution in [2.24, 2.45) is 5.16 Å². The second-order valence-corrected chi connectivity index (χ2v) is 3.29. The van der Waals surface area contributed by atoms with Crippen LogP contribution in [-0.4, -0.2) is 23.9 Å². The largest absolute Gasteiger partial charge is 0.461 e. The highest BCUT2D eigenvalue weighted by Gasteiger charge is 2.33. The van der Waals surface area contributed by atoms with Gasteiger partial charge in [0.1, 0.15) is 5.60 Å². The van der Waals surface area contributed by atoms with Gasteiger partial charge >= 0.3 is 5.97 Å². The summed E-state index contributed by atoms with van der Waals surface area (Å²) in [6, 6.07) is 0. The van der Waals surface area contributed by atoms with E-state index in [4.69, 9.17) is 9.57 Å². The summed E-state index contributed by atoms with van der Waals surface area (Å²) < 4.78 is 4.77. The molecule has 0 unspecified atom stereocenters. The Morgan fingerprint density at radius 3 is 2.83 bits per heavy atom. The monoisotopic (exact) mass is 171 g/mol. The van der Waals surface area contributed by atoms with E-state index < -0.39 is 0 Å². The molecule has 0 radical (unpaired) electrons. The Morgan fingerprint density at radius 1 is 1.75 bits per heavy atom. The smallest absolute Gasteiger partial charge is 0.356 e. The van der Waals surface area contributed by atoms with Gasteiger partial charge in [0.2, 0.25) is 0 Å². The molecule has 0 aromatic carbocycles. The predicted octanol–water partition coefficient (Wildman–Crippen LogP) is 1.10. The van der Waals surface area contributed by atoms with Crippen molar-refractivity contribution in [2.75, 3.05) is 6.61 Å². The first-order chi connectivity index (χ1) is 5.55. The number of ether oxygens (including phenoxy) is 1. The Morgan fingerprint density at radius 2 is 2.42 bits per heavy atom. The van der Waals surface area contributed by atoms with E-state index >= 15 is 0 Å². The Kier molecular flexibility index (Phi) is 2.35. The first-order valence-corrected chi connectivity index (χ1v) is 3.97. The van der Waals surface area contributed by atoms with Crippen LogP contribution in [0.1, 0.15) is 27.2 Å². The van der Waals surface area contributed by atoms with E-state index in [0.717, 1.165) is 0 Å². The molecule has 0 aliphatic carbocycles. The zero-order chi connectivity index (χ0) is 9.19. The Balaban J connectivity index is 2.51. The summed E-state index contributed by atoms with van der Waals surface area (Å²) in [5.74, 6) is -0.372. The highest BCUT2D eigenvalue weighted by atomic mass is 16.7. The molecule has 12 heavy (non-hydrogen) atoms. The summed E-state index contributed by atoms with van der Waals surface area (Å²) >= 11 is 0. The topological polar surface area (TPSA) is 47.9 Å². The van der Waals surface area contributed by atoms with Gasteiger partial charge in [0.05, 0.1) is 6.61 Å². The van der Waals surface area contributed by atoms with Crippen molar-refractivity contribution in [1.82, 2.24) is 0 Å². The summed E-state index contributed by atoms with van der Waals surface area (Å²) in [7, 11) is 0. The highest BCUT2D eigenvalue weighted by molar-refractivity contribution is 6.36. The van der Waals surface area contributed by atoms with E-state index in [1.807, 2.05) is 13.8 Å². The molecule has 0 aromatic rings. The molecule has 0 fully saturated rings. The Hall–Kier alpha value is -1.06. The molecular weight excluding hydrogens is 158 g/mol. The molecule has 0 saturated carbocycles. The van der Waals surface area contributed by atoms with E-state index in [1.165, 1.54) is 0 Å². The van der Waals surface area contributed by atoms with Crippen LogP contribution in [0, 0.1) is 0 Å². The zero-order valence-corrected chi connectivity index (χ0v) is 7.59.